The number of halogens is 3. The second kappa shape index (κ2) is 7.03. The molecule has 0 aliphatic carbocycles. The van der Waals surface area contributed by atoms with Crippen LogP contribution in [0.2, 0.25) is 0 Å². The van der Waals surface area contributed by atoms with E-state index in [0.29, 0.717) is 17.2 Å². The molecular formula is C14H14F3N3O3. The number of carbonyl (C=O) groups excluding carboxylic acids is 1. The molecule has 2 aromatic rings. The monoisotopic (exact) mass is 329 g/mol. The molecule has 0 unspecified atom stereocenters. The number of aromatic nitrogens is 2. The number of benzene rings is 1. The van der Waals surface area contributed by atoms with Gasteiger partial charge < -0.3 is 14.8 Å². The van der Waals surface area contributed by atoms with Crippen molar-refractivity contribution in [2.24, 2.45) is 0 Å². The van der Waals surface area contributed by atoms with Crippen LogP contribution < -0.4 is 14.8 Å². The topological polar surface area (TPSA) is 76.2 Å². The Hall–Kier alpha value is -2.71. The average Bonchev–Trinajstić information content (AvgIpc) is 2.99. The summed E-state index contributed by atoms with van der Waals surface area (Å²) in [5.41, 5.74) is 0.309. The molecule has 0 aliphatic rings. The predicted molar refractivity (Wildman–Crippen MR) is 74.3 cm³/mol. The summed E-state index contributed by atoms with van der Waals surface area (Å²) in [7, 11) is 1.53. The Bertz CT molecular complexity index is 671. The number of aromatic amines is 1. The predicted octanol–water partition coefficient (Wildman–Crippen LogP) is 2.29. The first-order valence-corrected chi connectivity index (χ1v) is 6.53. The Morgan fingerprint density at radius 3 is 2.74 bits per heavy atom. The summed E-state index contributed by atoms with van der Waals surface area (Å²) in [6, 6.07) is 8.22. The van der Waals surface area contributed by atoms with Crippen molar-refractivity contribution in [2.75, 3.05) is 13.7 Å². The SMILES string of the molecule is COc1cccc(OCc2cc(C(=O)NCC(F)(F)F)n[nH]2)c1. The first kappa shape index (κ1) is 16.7. The van der Waals surface area contributed by atoms with Crippen LogP contribution in [0.3, 0.4) is 0 Å². The normalized spacial score (nSPS) is 11.1. The van der Waals surface area contributed by atoms with Gasteiger partial charge in [-0.15, -0.1) is 0 Å². The van der Waals surface area contributed by atoms with Crippen LogP contribution in [0, 0.1) is 0 Å². The minimum Gasteiger partial charge on any atom is -0.497 e. The summed E-state index contributed by atoms with van der Waals surface area (Å²) in [5.74, 6) is 0.257. The Labute approximate surface area is 129 Å². The Kier molecular flexibility index (Phi) is 5.09. The molecule has 0 bridgehead atoms. The summed E-state index contributed by atoms with van der Waals surface area (Å²) < 4.78 is 46.6. The number of hydrogen-bond acceptors (Lipinski definition) is 4. The van der Waals surface area contributed by atoms with Crippen LogP contribution in [-0.2, 0) is 6.61 Å². The van der Waals surface area contributed by atoms with Crippen LogP contribution in [0.5, 0.6) is 11.5 Å². The van der Waals surface area contributed by atoms with E-state index in [1.54, 1.807) is 29.6 Å². The lowest BCUT2D eigenvalue weighted by Crippen LogP contribution is -2.33. The van der Waals surface area contributed by atoms with Gasteiger partial charge in [0.25, 0.3) is 5.91 Å². The highest BCUT2D eigenvalue weighted by molar-refractivity contribution is 5.92. The number of H-pyrrole nitrogens is 1. The fourth-order valence-electron chi connectivity index (χ4n) is 1.67. The summed E-state index contributed by atoms with van der Waals surface area (Å²) >= 11 is 0. The maximum Gasteiger partial charge on any atom is 0.405 e. The molecule has 0 aliphatic heterocycles. The van der Waals surface area contributed by atoms with E-state index in [-0.39, 0.29) is 12.3 Å². The molecule has 0 spiro atoms. The van der Waals surface area contributed by atoms with Crippen LogP contribution in [0.15, 0.2) is 30.3 Å². The fraction of sp³-hybridized carbons (Fsp3) is 0.286. The van der Waals surface area contributed by atoms with E-state index in [4.69, 9.17) is 9.47 Å². The molecule has 23 heavy (non-hydrogen) atoms. The molecule has 2 N–H and O–H groups in total. The molecule has 9 heteroatoms. The van der Waals surface area contributed by atoms with Gasteiger partial charge >= 0.3 is 6.18 Å². The smallest absolute Gasteiger partial charge is 0.405 e. The van der Waals surface area contributed by atoms with Gasteiger partial charge in [-0.3, -0.25) is 9.89 Å². The summed E-state index contributed by atoms with van der Waals surface area (Å²) in [6.45, 7) is -1.33. The van der Waals surface area contributed by atoms with Crippen LogP contribution in [0.4, 0.5) is 13.2 Å². The van der Waals surface area contributed by atoms with Crippen LogP contribution in [-0.4, -0.2) is 35.9 Å². The van der Waals surface area contributed by atoms with Crippen molar-refractivity contribution >= 4 is 5.91 Å². The van der Waals surface area contributed by atoms with Gasteiger partial charge in [0.2, 0.25) is 0 Å². The molecule has 1 amide bonds. The third kappa shape index (κ3) is 5.20. The van der Waals surface area contributed by atoms with Crippen molar-refractivity contribution < 1.29 is 27.4 Å². The van der Waals surface area contributed by atoms with Crippen molar-refractivity contribution in [3.63, 3.8) is 0 Å². The third-order valence-corrected chi connectivity index (χ3v) is 2.75. The molecule has 124 valence electrons. The lowest BCUT2D eigenvalue weighted by molar-refractivity contribution is -0.123. The minimum absolute atomic E-state index is 0.0761. The Morgan fingerprint density at radius 2 is 2.04 bits per heavy atom. The maximum absolute atomic E-state index is 12.0. The van der Waals surface area contributed by atoms with Crippen molar-refractivity contribution in [2.45, 2.75) is 12.8 Å². The average molecular weight is 329 g/mol. The molecule has 1 aromatic carbocycles. The van der Waals surface area contributed by atoms with Crippen molar-refractivity contribution in [1.29, 1.82) is 0 Å². The third-order valence-electron chi connectivity index (χ3n) is 2.75. The van der Waals surface area contributed by atoms with Gasteiger partial charge in [-0.25, -0.2) is 0 Å². The number of nitrogens with zero attached hydrogens (tertiary/aromatic N) is 1. The number of hydrogen-bond donors (Lipinski definition) is 2. The van der Waals surface area contributed by atoms with Gasteiger partial charge in [0.05, 0.1) is 12.8 Å². The summed E-state index contributed by atoms with van der Waals surface area (Å²) in [4.78, 5) is 11.5. The fourth-order valence-corrected chi connectivity index (χ4v) is 1.67. The van der Waals surface area contributed by atoms with E-state index in [9.17, 15) is 18.0 Å². The second-order valence-electron chi connectivity index (χ2n) is 4.54. The first-order chi connectivity index (χ1) is 10.9. The zero-order valence-corrected chi connectivity index (χ0v) is 12.1. The van der Waals surface area contributed by atoms with Gasteiger partial charge in [0, 0.05) is 6.07 Å². The van der Waals surface area contributed by atoms with Crippen LogP contribution >= 0.6 is 0 Å². The number of methoxy groups -OCH3 is 1. The Balaban J connectivity index is 1.90. The quantitative estimate of drug-likeness (QED) is 0.852. The maximum atomic E-state index is 12.0. The lowest BCUT2D eigenvalue weighted by atomic mass is 10.3. The largest absolute Gasteiger partial charge is 0.497 e. The van der Waals surface area contributed by atoms with E-state index >= 15 is 0 Å². The summed E-state index contributed by atoms with van der Waals surface area (Å²) in [6.07, 6.45) is -4.47. The van der Waals surface area contributed by atoms with E-state index in [1.807, 2.05) is 0 Å². The van der Waals surface area contributed by atoms with Crippen molar-refractivity contribution in [3.8, 4) is 11.5 Å². The molecule has 0 saturated carbocycles. The summed E-state index contributed by atoms with van der Waals surface area (Å²) in [5, 5.41) is 7.93. The number of alkyl halides is 3. The molecule has 2 rings (SSSR count). The molecule has 0 radical (unpaired) electrons. The molecule has 1 heterocycles. The molecule has 0 saturated heterocycles. The second-order valence-corrected chi connectivity index (χ2v) is 4.54. The molecule has 0 atom stereocenters. The molecular weight excluding hydrogens is 315 g/mol. The standard InChI is InChI=1S/C14H14F3N3O3/c1-22-10-3-2-4-11(6-10)23-7-9-5-12(20-19-9)13(21)18-8-14(15,16)17/h2-6H,7-8H2,1H3,(H,18,21)(H,19,20). The van der Waals surface area contributed by atoms with E-state index in [0.717, 1.165) is 0 Å². The van der Waals surface area contributed by atoms with Crippen molar-refractivity contribution in [1.82, 2.24) is 15.5 Å². The van der Waals surface area contributed by atoms with Crippen LogP contribution in [0.25, 0.3) is 0 Å². The zero-order chi connectivity index (χ0) is 16.9. The molecule has 1 aromatic heterocycles. The van der Waals surface area contributed by atoms with Crippen LogP contribution in [0.1, 0.15) is 16.2 Å². The van der Waals surface area contributed by atoms with Gasteiger partial charge in [-0.05, 0) is 18.2 Å². The number of amides is 1. The van der Waals surface area contributed by atoms with E-state index in [1.165, 1.54) is 13.2 Å². The highest BCUT2D eigenvalue weighted by Crippen LogP contribution is 2.19. The van der Waals surface area contributed by atoms with Gasteiger partial charge in [-0.1, -0.05) is 6.07 Å². The van der Waals surface area contributed by atoms with Crippen molar-refractivity contribution in [3.05, 3.63) is 41.7 Å². The van der Waals surface area contributed by atoms with Gasteiger partial charge in [0.1, 0.15) is 30.3 Å². The Morgan fingerprint density at radius 1 is 1.30 bits per heavy atom. The zero-order valence-electron chi connectivity index (χ0n) is 12.1. The van der Waals surface area contributed by atoms with E-state index in [2.05, 4.69) is 10.2 Å². The molecule has 0 fully saturated rings. The minimum atomic E-state index is -4.47. The number of ether oxygens (including phenoxy) is 2. The van der Waals surface area contributed by atoms with E-state index < -0.39 is 18.6 Å². The number of rotatable bonds is 6. The number of carbonyl (C=O) groups is 1. The highest BCUT2D eigenvalue weighted by Gasteiger charge is 2.28. The highest BCUT2D eigenvalue weighted by atomic mass is 19.4. The first-order valence-electron chi connectivity index (χ1n) is 6.53. The molecule has 6 nitrogen and oxygen atoms in total. The number of nitrogens with one attached hydrogen (secondary N) is 2. The van der Waals surface area contributed by atoms with Gasteiger partial charge in [0.15, 0.2) is 0 Å². The van der Waals surface area contributed by atoms with Gasteiger partial charge in [-0.2, -0.15) is 18.3 Å². The lowest BCUT2D eigenvalue weighted by Gasteiger charge is -2.06.